The highest BCUT2D eigenvalue weighted by molar-refractivity contribution is 6.21. The van der Waals surface area contributed by atoms with Gasteiger partial charge in [-0.25, -0.2) is 4.79 Å². The summed E-state index contributed by atoms with van der Waals surface area (Å²) >= 11 is 5.92. The van der Waals surface area contributed by atoms with Gasteiger partial charge in [-0.1, -0.05) is 11.6 Å². The molecular formula is C6H15Cl2N7O. The summed E-state index contributed by atoms with van der Waals surface area (Å²) in [4.78, 5) is 12.8. The van der Waals surface area contributed by atoms with Gasteiger partial charge in [-0.3, -0.25) is 10.6 Å². The Balaban J connectivity index is 0.00000225. The summed E-state index contributed by atoms with van der Waals surface area (Å²) in [5.41, 5.74) is 10.6. The molecule has 0 saturated carbocycles. The van der Waals surface area contributed by atoms with Crippen LogP contribution in [-0.2, 0) is 0 Å². The summed E-state index contributed by atoms with van der Waals surface area (Å²) < 4.78 is 0. The van der Waals surface area contributed by atoms with Crippen molar-refractivity contribution in [3.8, 4) is 0 Å². The molecule has 0 spiro atoms. The fourth-order valence-electron chi connectivity index (χ4n) is 1.26. The van der Waals surface area contributed by atoms with Crippen LogP contribution in [0, 0.1) is 0 Å². The maximum Gasteiger partial charge on any atom is 0.324 e. The highest BCUT2D eigenvalue weighted by Gasteiger charge is 2.33. The number of halogens is 2. The van der Waals surface area contributed by atoms with E-state index in [-0.39, 0.29) is 19.0 Å². The smallest absolute Gasteiger partial charge is 0.322 e. The number of piperazine rings is 1. The van der Waals surface area contributed by atoms with E-state index in [0.717, 1.165) is 6.34 Å². The van der Waals surface area contributed by atoms with Crippen molar-refractivity contribution in [1.82, 2.24) is 15.5 Å². The number of urea groups is 1. The number of carbonyl (C=O) groups is 1. The topological polar surface area (TPSA) is 135 Å². The monoisotopic (exact) mass is 271 g/mol. The van der Waals surface area contributed by atoms with Crippen LogP contribution in [0.1, 0.15) is 0 Å². The Hall–Kier alpha value is -0.800. The molecule has 3 atom stereocenters. The van der Waals surface area contributed by atoms with E-state index in [1.807, 2.05) is 0 Å². The molecule has 10 heteroatoms. The number of nitrogens with one attached hydrogen (secondary N) is 2. The average molecular weight is 272 g/mol. The van der Waals surface area contributed by atoms with Crippen molar-refractivity contribution >= 4 is 36.4 Å². The number of rotatable bonds is 1. The molecule has 3 unspecified atom stereocenters. The van der Waals surface area contributed by atoms with Gasteiger partial charge < -0.3 is 22.2 Å². The lowest BCUT2D eigenvalue weighted by molar-refractivity contribution is 0.149. The van der Waals surface area contributed by atoms with E-state index in [4.69, 9.17) is 28.9 Å². The molecule has 0 aromatic carbocycles. The molecule has 1 heterocycles. The molecule has 1 saturated heterocycles. The molecule has 8 nitrogen and oxygen atoms in total. The van der Waals surface area contributed by atoms with E-state index in [9.17, 15) is 4.79 Å². The minimum Gasteiger partial charge on any atom is -0.322 e. The number of hydrogen-bond acceptors (Lipinski definition) is 6. The number of alkyl halides is 1. The molecule has 0 radical (unpaired) electrons. The number of hydrogen-bond donors (Lipinski definition) is 5. The van der Waals surface area contributed by atoms with Crippen LogP contribution in [0.25, 0.3) is 0 Å². The van der Waals surface area contributed by atoms with Gasteiger partial charge in [-0.15, -0.1) is 12.4 Å². The number of carbonyl (C=O) groups excluding carboxylic acids is 1. The normalized spacial score (nSPS) is 29.9. The zero-order chi connectivity index (χ0) is 11.4. The SMILES string of the molecule is Cl.NN=CNC(=O)N1CC(N)NC(N)C1Cl. The second-order valence-electron chi connectivity index (χ2n) is 3.05. The third-order valence-corrected chi connectivity index (χ3v) is 2.42. The van der Waals surface area contributed by atoms with Crippen molar-refractivity contribution in [3.63, 3.8) is 0 Å². The van der Waals surface area contributed by atoms with Crippen LogP contribution >= 0.6 is 24.0 Å². The lowest BCUT2D eigenvalue weighted by Crippen LogP contribution is -2.68. The molecule has 2 amide bonds. The first-order valence-corrected chi connectivity index (χ1v) is 4.70. The molecular weight excluding hydrogens is 257 g/mol. The number of nitrogens with zero attached hydrogens (tertiary/aromatic N) is 2. The quantitative estimate of drug-likeness (QED) is 0.0945. The van der Waals surface area contributed by atoms with Crippen LogP contribution in [0.15, 0.2) is 5.10 Å². The van der Waals surface area contributed by atoms with Gasteiger partial charge in [0.25, 0.3) is 0 Å². The first kappa shape index (κ1) is 15.2. The third kappa shape index (κ3) is 3.65. The van der Waals surface area contributed by atoms with Crippen molar-refractivity contribution in [2.24, 2.45) is 22.4 Å². The fraction of sp³-hybridized carbons (Fsp3) is 0.667. The molecule has 0 aromatic rings. The van der Waals surface area contributed by atoms with Crippen molar-refractivity contribution < 1.29 is 4.79 Å². The van der Waals surface area contributed by atoms with E-state index in [2.05, 4.69) is 15.7 Å². The van der Waals surface area contributed by atoms with E-state index >= 15 is 0 Å². The van der Waals surface area contributed by atoms with Crippen molar-refractivity contribution in [1.29, 1.82) is 0 Å². The van der Waals surface area contributed by atoms with Crippen LogP contribution in [0.5, 0.6) is 0 Å². The summed E-state index contributed by atoms with van der Waals surface area (Å²) in [7, 11) is 0. The predicted molar refractivity (Wildman–Crippen MR) is 63.9 cm³/mol. The molecule has 94 valence electrons. The van der Waals surface area contributed by atoms with Gasteiger partial charge in [0.05, 0.1) is 18.9 Å². The maximum atomic E-state index is 11.5. The van der Waals surface area contributed by atoms with Gasteiger partial charge in [0.15, 0.2) is 0 Å². The van der Waals surface area contributed by atoms with Gasteiger partial charge in [0, 0.05) is 0 Å². The average Bonchev–Trinajstić information content (AvgIpc) is 2.19. The summed E-state index contributed by atoms with van der Waals surface area (Å²) in [6.07, 6.45) is 0.0805. The molecule has 0 aliphatic carbocycles. The standard InChI is InChI=1S/C6H14ClN7O.ClH/c7-4-5(9)13-3(8)1-14(4)6(15)11-2-12-10;/h2-5,13H,1,8-10H2,(H,11,12,15);1H. The zero-order valence-corrected chi connectivity index (χ0v) is 9.91. The predicted octanol–water partition coefficient (Wildman–Crippen LogP) is -1.94. The number of nitrogens with two attached hydrogens (primary N) is 3. The van der Waals surface area contributed by atoms with Gasteiger partial charge in [-0.2, -0.15) is 5.10 Å². The van der Waals surface area contributed by atoms with Gasteiger partial charge in [-0.05, 0) is 0 Å². The summed E-state index contributed by atoms with van der Waals surface area (Å²) in [6, 6.07) is -0.448. The highest BCUT2D eigenvalue weighted by atomic mass is 35.5. The number of hydrazone groups is 1. The molecule has 1 aliphatic heterocycles. The molecule has 1 rings (SSSR count). The Morgan fingerprint density at radius 2 is 2.25 bits per heavy atom. The molecule has 8 N–H and O–H groups in total. The Morgan fingerprint density at radius 3 is 2.81 bits per heavy atom. The van der Waals surface area contributed by atoms with Gasteiger partial charge in [0.1, 0.15) is 11.8 Å². The molecule has 1 fully saturated rings. The Labute approximate surface area is 104 Å². The third-order valence-electron chi connectivity index (χ3n) is 1.92. The van der Waals surface area contributed by atoms with E-state index < -0.39 is 23.9 Å². The van der Waals surface area contributed by atoms with Gasteiger partial charge >= 0.3 is 6.03 Å². The Bertz CT molecular complexity index is 263. The summed E-state index contributed by atoms with van der Waals surface area (Å²) in [5.74, 6) is 4.84. The lowest BCUT2D eigenvalue weighted by Gasteiger charge is -2.39. The number of amides is 2. The van der Waals surface area contributed by atoms with Crippen LogP contribution in [0.4, 0.5) is 4.79 Å². The van der Waals surface area contributed by atoms with Gasteiger partial charge in [0.2, 0.25) is 0 Å². The Kier molecular flexibility index (Phi) is 6.38. The van der Waals surface area contributed by atoms with E-state index in [1.165, 1.54) is 4.90 Å². The first-order valence-electron chi connectivity index (χ1n) is 4.26. The maximum absolute atomic E-state index is 11.5. The van der Waals surface area contributed by atoms with E-state index in [1.54, 1.807) is 0 Å². The van der Waals surface area contributed by atoms with Crippen LogP contribution < -0.4 is 27.9 Å². The van der Waals surface area contributed by atoms with Crippen LogP contribution in [-0.4, -0.2) is 41.6 Å². The molecule has 16 heavy (non-hydrogen) atoms. The molecule has 0 bridgehead atoms. The van der Waals surface area contributed by atoms with E-state index in [0.29, 0.717) is 0 Å². The second kappa shape index (κ2) is 6.71. The lowest BCUT2D eigenvalue weighted by atomic mass is 10.3. The van der Waals surface area contributed by atoms with Crippen molar-refractivity contribution in [3.05, 3.63) is 0 Å². The van der Waals surface area contributed by atoms with Crippen LogP contribution in [0.2, 0.25) is 0 Å². The second-order valence-corrected chi connectivity index (χ2v) is 3.50. The first-order chi connectivity index (χ1) is 7.06. The fourth-order valence-corrected chi connectivity index (χ4v) is 1.50. The largest absolute Gasteiger partial charge is 0.324 e. The van der Waals surface area contributed by atoms with Crippen LogP contribution in [0.3, 0.4) is 0 Å². The minimum atomic E-state index is -0.670. The molecule has 1 aliphatic rings. The Morgan fingerprint density at radius 1 is 1.62 bits per heavy atom. The summed E-state index contributed by atoms with van der Waals surface area (Å²) in [6.45, 7) is 0.256. The van der Waals surface area contributed by atoms with Crippen molar-refractivity contribution in [2.75, 3.05) is 6.54 Å². The minimum absolute atomic E-state index is 0. The zero-order valence-electron chi connectivity index (χ0n) is 8.34. The highest BCUT2D eigenvalue weighted by Crippen LogP contribution is 2.12. The summed E-state index contributed by atoms with van der Waals surface area (Å²) in [5, 5.41) is 8.26. The van der Waals surface area contributed by atoms with Crippen molar-refractivity contribution in [2.45, 2.75) is 17.8 Å². The molecule has 0 aromatic heterocycles.